The van der Waals surface area contributed by atoms with Gasteiger partial charge in [0.2, 0.25) is 0 Å². The van der Waals surface area contributed by atoms with Crippen LogP contribution in [0.25, 0.3) is 10.2 Å². The number of nitrogen functional groups attached to an aromatic ring is 2. The molecule has 3 rings (SSSR count). The number of rotatable bonds is 3. The van der Waals surface area contributed by atoms with E-state index in [-0.39, 0.29) is 38.2 Å². The number of carboxylic acids is 1. The largest absolute Gasteiger partial charge is 0.478 e. The van der Waals surface area contributed by atoms with E-state index in [1.807, 2.05) is 6.07 Å². The average molecular weight is 388 g/mol. The van der Waals surface area contributed by atoms with E-state index >= 15 is 0 Å². The van der Waals surface area contributed by atoms with E-state index in [1.54, 1.807) is 0 Å². The third-order valence-corrected chi connectivity index (χ3v) is 4.98. The SMILES string of the molecule is N#Cc1cc2c(N)c(C(=O)Nc3ccc(Cl)c(C(=O)O)c3)sc2nc1N. The zero-order valence-electron chi connectivity index (χ0n) is 12.9. The molecular formula is C16H10ClN5O3S. The number of nitrogens with two attached hydrogens (primary N) is 2. The smallest absolute Gasteiger partial charge is 0.337 e. The maximum Gasteiger partial charge on any atom is 0.337 e. The van der Waals surface area contributed by atoms with Crippen molar-refractivity contribution in [3.8, 4) is 6.07 Å². The van der Waals surface area contributed by atoms with Crippen LogP contribution in [0.4, 0.5) is 17.2 Å². The van der Waals surface area contributed by atoms with Crippen LogP contribution in [0.1, 0.15) is 25.6 Å². The second kappa shape index (κ2) is 6.51. The van der Waals surface area contributed by atoms with Crippen molar-refractivity contribution in [2.45, 2.75) is 0 Å². The number of aromatic nitrogens is 1. The lowest BCUT2D eigenvalue weighted by molar-refractivity contribution is 0.0696. The summed E-state index contributed by atoms with van der Waals surface area (Å²) < 4.78 is 0. The van der Waals surface area contributed by atoms with Gasteiger partial charge in [-0.3, -0.25) is 4.79 Å². The van der Waals surface area contributed by atoms with E-state index in [9.17, 15) is 9.59 Å². The summed E-state index contributed by atoms with van der Waals surface area (Å²) in [5.41, 5.74) is 12.1. The molecule has 2 aromatic heterocycles. The van der Waals surface area contributed by atoms with Gasteiger partial charge in [0.15, 0.2) is 0 Å². The first-order valence-electron chi connectivity index (χ1n) is 7.04. The molecule has 3 aromatic rings. The van der Waals surface area contributed by atoms with Gasteiger partial charge in [-0.1, -0.05) is 11.6 Å². The molecule has 8 nitrogen and oxygen atoms in total. The Morgan fingerprint density at radius 2 is 2.04 bits per heavy atom. The van der Waals surface area contributed by atoms with Crippen LogP contribution in [0.15, 0.2) is 24.3 Å². The highest BCUT2D eigenvalue weighted by atomic mass is 35.5. The van der Waals surface area contributed by atoms with Crippen molar-refractivity contribution in [1.29, 1.82) is 5.26 Å². The molecule has 0 aliphatic heterocycles. The zero-order valence-corrected chi connectivity index (χ0v) is 14.5. The van der Waals surface area contributed by atoms with E-state index in [0.29, 0.717) is 10.2 Å². The number of pyridine rings is 1. The van der Waals surface area contributed by atoms with E-state index in [1.165, 1.54) is 24.3 Å². The molecule has 0 saturated carbocycles. The van der Waals surface area contributed by atoms with E-state index in [4.69, 9.17) is 33.4 Å². The summed E-state index contributed by atoms with van der Waals surface area (Å²) in [7, 11) is 0. The second-order valence-corrected chi connectivity index (χ2v) is 6.59. The van der Waals surface area contributed by atoms with Crippen LogP contribution in [0, 0.1) is 11.3 Å². The van der Waals surface area contributed by atoms with Crippen LogP contribution < -0.4 is 16.8 Å². The Kier molecular flexibility index (Phi) is 4.38. The number of nitrogens with zero attached hydrogens (tertiary/aromatic N) is 2. The van der Waals surface area contributed by atoms with Gasteiger partial charge in [0, 0.05) is 11.1 Å². The maximum atomic E-state index is 12.5. The number of halogens is 1. The Bertz CT molecular complexity index is 1120. The molecule has 0 spiro atoms. The molecule has 1 aromatic carbocycles. The summed E-state index contributed by atoms with van der Waals surface area (Å²) in [6, 6.07) is 7.48. The number of fused-ring (bicyclic) bond motifs is 1. The number of nitrogens with one attached hydrogen (secondary N) is 1. The Morgan fingerprint density at radius 1 is 1.31 bits per heavy atom. The Labute approximate surface area is 155 Å². The lowest BCUT2D eigenvalue weighted by Gasteiger charge is -2.06. The molecule has 0 bridgehead atoms. The first kappa shape index (κ1) is 17.5. The molecule has 0 radical (unpaired) electrons. The van der Waals surface area contributed by atoms with Crippen LogP contribution in [0.2, 0.25) is 5.02 Å². The van der Waals surface area contributed by atoms with Gasteiger partial charge < -0.3 is 21.9 Å². The normalized spacial score (nSPS) is 10.5. The number of amides is 1. The molecular weight excluding hydrogens is 378 g/mol. The summed E-state index contributed by atoms with van der Waals surface area (Å²) in [5, 5.41) is 21.2. The van der Waals surface area contributed by atoms with E-state index in [0.717, 1.165) is 11.3 Å². The summed E-state index contributed by atoms with van der Waals surface area (Å²) in [5.74, 6) is -1.70. The van der Waals surface area contributed by atoms with Gasteiger partial charge in [-0.15, -0.1) is 11.3 Å². The van der Waals surface area contributed by atoms with Crippen molar-refractivity contribution in [2.75, 3.05) is 16.8 Å². The fourth-order valence-electron chi connectivity index (χ4n) is 2.27. The fraction of sp³-hybridized carbons (Fsp3) is 0. The van der Waals surface area contributed by atoms with Crippen molar-refractivity contribution >= 4 is 62.2 Å². The van der Waals surface area contributed by atoms with E-state index in [2.05, 4.69) is 10.3 Å². The van der Waals surface area contributed by atoms with Crippen molar-refractivity contribution in [3.63, 3.8) is 0 Å². The first-order chi connectivity index (χ1) is 12.3. The summed E-state index contributed by atoms with van der Waals surface area (Å²) >= 11 is 6.83. The van der Waals surface area contributed by atoms with Crippen molar-refractivity contribution in [2.24, 2.45) is 0 Å². The fourth-order valence-corrected chi connectivity index (χ4v) is 3.45. The van der Waals surface area contributed by atoms with Crippen LogP contribution in [-0.2, 0) is 0 Å². The molecule has 0 fully saturated rings. The van der Waals surface area contributed by atoms with Crippen molar-refractivity contribution in [1.82, 2.24) is 4.98 Å². The molecule has 0 saturated heterocycles. The summed E-state index contributed by atoms with van der Waals surface area (Å²) in [6.45, 7) is 0. The molecule has 0 atom stereocenters. The Balaban J connectivity index is 1.98. The van der Waals surface area contributed by atoms with Crippen molar-refractivity contribution < 1.29 is 14.7 Å². The molecule has 130 valence electrons. The molecule has 0 unspecified atom stereocenters. The number of carbonyl (C=O) groups excluding carboxylic acids is 1. The highest BCUT2D eigenvalue weighted by Crippen LogP contribution is 2.34. The van der Waals surface area contributed by atoms with Crippen molar-refractivity contribution in [3.05, 3.63) is 45.3 Å². The van der Waals surface area contributed by atoms with Gasteiger partial charge in [0.1, 0.15) is 21.6 Å². The van der Waals surface area contributed by atoms with Gasteiger partial charge in [-0.05, 0) is 24.3 Å². The highest BCUT2D eigenvalue weighted by molar-refractivity contribution is 7.21. The number of nitriles is 1. The van der Waals surface area contributed by atoms with Gasteiger partial charge >= 0.3 is 5.97 Å². The van der Waals surface area contributed by atoms with Gasteiger partial charge in [-0.2, -0.15) is 5.26 Å². The first-order valence-corrected chi connectivity index (χ1v) is 8.24. The van der Waals surface area contributed by atoms with Crippen LogP contribution in [-0.4, -0.2) is 22.0 Å². The predicted octanol–water partition coefficient (Wildman–Crippen LogP) is 2.94. The lowest BCUT2D eigenvalue weighted by atomic mass is 10.2. The number of hydrogen-bond acceptors (Lipinski definition) is 7. The van der Waals surface area contributed by atoms with Gasteiger partial charge in [-0.25, -0.2) is 9.78 Å². The van der Waals surface area contributed by atoms with E-state index < -0.39 is 11.9 Å². The number of carbonyl (C=O) groups is 2. The van der Waals surface area contributed by atoms with Crippen LogP contribution in [0.5, 0.6) is 0 Å². The van der Waals surface area contributed by atoms with Gasteiger partial charge in [0.05, 0.1) is 21.8 Å². The van der Waals surface area contributed by atoms with Crippen LogP contribution in [0.3, 0.4) is 0 Å². The standard InChI is InChI=1S/C16H10ClN5O3S/c17-10-2-1-7(4-8(10)16(24)25)21-14(23)12-11(19)9-3-6(5-18)13(20)22-15(9)26-12/h1-4H,19H2,(H2,20,22)(H,21,23)(H,24,25). The third kappa shape index (κ3) is 2.99. The van der Waals surface area contributed by atoms with Gasteiger partial charge in [0.25, 0.3) is 5.91 Å². The second-order valence-electron chi connectivity index (χ2n) is 5.18. The Hall–Kier alpha value is -3.35. The molecule has 0 aliphatic rings. The maximum absolute atomic E-state index is 12.5. The number of thiophene rings is 1. The molecule has 1 amide bonds. The highest BCUT2D eigenvalue weighted by Gasteiger charge is 2.19. The Morgan fingerprint density at radius 3 is 2.69 bits per heavy atom. The predicted molar refractivity (Wildman–Crippen MR) is 99.5 cm³/mol. The number of anilines is 3. The number of benzene rings is 1. The quantitative estimate of drug-likeness (QED) is 0.538. The molecule has 0 aliphatic carbocycles. The number of hydrogen-bond donors (Lipinski definition) is 4. The monoisotopic (exact) mass is 387 g/mol. The molecule has 10 heteroatoms. The minimum Gasteiger partial charge on any atom is -0.478 e. The average Bonchev–Trinajstić information content (AvgIpc) is 2.91. The molecule has 6 N–H and O–H groups in total. The molecule has 26 heavy (non-hydrogen) atoms. The third-order valence-electron chi connectivity index (χ3n) is 3.53. The zero-order chi connectivity index (χ0) is 19.0. The summed E-state index contributed by atoms with van der Waals surface area (Å²) in [4.78, 5) is 28.3. The minimum absolute atomic E-state index is 0.0528. The topological polar surface area (TPSA) is 155 Å². The number of aromatic carboxylic acids is 1. The summed E-state index contributed by atoms with van der Waals surface area (Å²) in [6.07, 6.45) is 0. The number of carboxylic acid groups (broad SMARTS) is 1. The van der Waals surface area contributed by atoms with Crippen LogP contribution >= 0.6 is 22.9 Å². The molecule has 2 heterocycles. The lowest BCUT2D eigenvalue weighted by Crippen LogP contribution is -2.12. The minimum atomic E-state index is -1.21.